The number of nitrogens with zero attached hydrogens (tertiary/aromatic N) is 3. The van der Waals surface area contributed by atoms with E-state index in [2.05, 4.69) is 10.6 Å². The van der Waals surface area contributed by atoms with E-state index in [0.29, 0.717) is 0 Å². The van der Waals surface area contributed by atoms with Crippen LogP contribution in [0.5, 0.6) is 0 Å². The number of amides is 3. The fourth-order valence-electron chi connectivity index (χ4n) is 3.05. The molecule has 1 atom stereocenters. The fourth-order valence-corrected chi connectivity index (χ4v) is 3.05. The molecule has 0 radical (unpaired) electrons. The number of hydrogen-bond donors (Lipinski definition) is 2. The van der Waals surface area contributed by atoms with Crippen molar-refractivity contribution >= 4 is 17.6 Å². The van der Waals surface area contributed by atoms with Crippen LogP contribution in [0.15, 0.2) is 30.3 Å². The molecule has 7 nitrogen and oxygen atoms in total. The van der Waals surface area contributed by atoms with Crippen LogP contribution in [0.2, 0.25) is 0 Å². The predicted octanol–water partition coefficient (Wildman–Crippen LogP) is 2.93. The molecular formula is C20H15F2N5O2. The zero-order valence-electron chi connectivity index (χ0n) is 15.3. The number of fused-ring (bicyclic) bond motifs is 1. The molecule has 1 aliphatic rings. The van der Waals surface area contributed by atoms with Crippen molar-refractivity contribution in [1.29, 1.82) is 10.5 Å². The molecular weight excluding hydrogens is 380 g/mol. The number of carbonyl (C=O) groups excluding carboxylic acids is 2. The first kappa shape index (κ1) is 19.8. The second kappa shape index (κ2) is 7.95. The van der Waals surface area contributed by atoms with E-state index in [0.717, 1.165) is 11.0 Å². The third-order valence-corrected chi connectivity index (χ3v) is 4.55. The zero-order chi connectivity index (χ0) is 21.1. The highest BCUT2D eigenvalue weighted by molar-refractivity contribution is 5.95. The first-order valence-corrected chi connectivity index (χ1v) is 8.60. The highest BCUT2D eigenvalue weighted by atomic mass is 19.1. The number of anilines is 1. The fraction of sp³-hybridized carbons (Fsp3) is 0.200. The number of hydrogen-bond acceptors (Lipinski definition) is 4. The molecule has 3 rings (SSSR count). The topological polar surface area (TPSA) is 109 Å². The van der Waals surface area contributed by atoms with Crippen LogP contribution in [0.4, 0.5) is 19.3 Å². The maximum atomic E-state index is 14.4. The number of nitrogens with one attached hydrogen (secondary N) is 2. The van der Waals surface area contributed by atoms with Gasteiger partial charge in [0.05, 0.1) is 35.5 Å². The molecule has 0 spiro atoms. The average Bonchev–Trinajstić information content (AvgIpc) is 2.69. The molecule has 0 saturated carbocycles. The van der Waals surface area contributed by atoms with Gasteiger partial charge >= 0.3 is 6.03 Å². The number of halogens is 2. The van der Waals surface area contributed by atoms with E-state index in [1.165, 1.54) is 24.3 Å². The minimum atomic E-state index is -0.747. The van der Waals surface area contributed by atoms with Gasteiger partial charge in [0.25, 0.3) is 0 Å². The van der Waals surface area contributed by atoms with E-state index in [-0.39, 0.29) is 41.0 Å². The third kappa shape index (κ3) is 3.99. The standard InChI is InChI=1S/C20H15F2N5O2/c1-11(14-4-2-12(7-23)6-16(14)21)25-18(28)10-27-9-15-17(26-20(27)29)5-3-13(8-24)19(15)22/h2-6,11H,9-10H2,1H3,(H,25,28)(H,26,29)/t11-/m1/s1. The quantitative estimate of drug-likeness (QED) is 0.829. The van der Waals surface area contributed by atoms with E-state index >= 15 is 0 Å². The third-order valence-electron chi connectivity index (χ3n) is 4.55. The van der Waals surface area contributed by atoms with Gasteiger partial charge in [0.15, 0.2) is 0 Å². The maximum absolute atomic E-state index is 14.4. The smallest absolute Gasteiger partial charge is 0.322 e. The molecule has 2 N–H and O–H groups in total. The second-order valence-electron chi connectivity index (χ2n) is 6.49. The molecule has 9 heteroatoms. The van der Waals surface area contributed by atoms with E-state index in [4.69, 9.17) is 10.5 Å². The lowest BCUT2D eigenvalue weighted by Crippen LogP contribution is -2.45. The second-order valence-corrected chi connectivity index (χ2v) is 6.49. The van der Waals surface area contributed by atoms with Crippen LogP contribution in [-0.4, -0.2) is 23.4 Å². The normalized spacial score (nSPS) is 13.6. The summed E-state index contributed by atoms with van der Waals surface area (Å²) < 4.78 is 28.5. The lowest BCUT2D eigenvalue weighted by Gasteiger charge is -2.29. The van der Waals surface area contributed by atoms with Crippen LogP contribution < -0.4 is 10.6 Å². The number of nitriles is 2. The Balaban J connectivity index is 1.70. The van der Waals surface area contributed by atoms with Gasteiger partial charge in [-0.2, -0.15) is 10.5 Å². The lowest BCUT2D eigenvalue weighted by atomic mass is 10.0. The molecule has 0 saturated heterocycles. The van der Waals surface area contributed by atoms with E-state index < -0.39 is 29.6 Å². The molecule has 2 aromatic rings. The van der Waals surface area contributed by atoms with Gasteiger partial charge < -0.3 is 15.5 Å². The monoisotopic (exact) mass is 395 g/mol. The van der Waals surface area contributed by atoms with Crippen molar-refractivity contribution in [3.8, 4) is 12.1 Å². The summed E-state index contributed by atoms with van der Waals surface area (Å²) in [5, 5.41) is 22.8. The van der Waals surface area contributed by atoms with Gasteiger partial charge in [-0.1, -0.05) is 6.07 Å². The Morgan fingerprint density at radius 3 is 2.69 bits per heavy atom. The Hall–Kier alpha value is -3.98. The van der Waals surface area contributed by atoms with E-state index in [1.807, 2.05) is 6.07 Å². The average molecular weight is 395 g/mol. The van der Waals surface area contributed by atoms with E-state index in [9.17, 15) is 18.4 Å². The Morgan fingerprint density at radius 1 is 1.28 bits per heavy atom. The molecule has 1 aliphatic heterocycles. The minimum absolute atomic E-state index is 0.114. The number of carbonyl (C=O) groups is 2. The Kier molecular flexibility index (Phi) is 5.42. The molecule has 0 fully saturated rings. The van der Waals surface area contributed by atoms with Gasteiger partial charge in [-0.25, -0.2) is 13.6 Å². The van der Waals surface area contributed by atoms with Crippen molar-refractivity contribution in [2.45, 2.75) is 19.5 Å². The molecule has 3 amide bonds. The van der Waals surface area contributed by atoms with Gasteiger partial charge in [0.2, 0.25) is 5.91 Å². The minimum Gasteiger partial charge on any atom is -0.348 e. The van der Waals surface area contributed by atoms with Crippen molar-refractivity contribution in [3.63, 3.8) is 0 Å². The molecule has 0 unspecified atom stereocenters. The summed E-state index contributed by atoms with van der Waals surface area (Å²) >= 11 is 0. The molecule has 0 bridgehead atoms. The summed E-state index contributed by atoms with van der Waals surface area (Å²) in [5.41, 5.74) is 0.552. The number of benzene rings is 2. The van der Waals surface area contributed by atoms with Gasteiger partial charge in [-0.15, -0.1) is 0 Å². The predicted molar refractivity (Wildman–Crippen MR) is 98.2 cm³/mol. The lowest BCUT2D eigenvalue weighted by molar-refractivity contribution is -0.122. The van der Waals surface area contributed by atoms with Crippen LogP contribution in [0.25, 0.3) is 0 Å². The zero-order valence-corrected chi connectivity index (χ0v) is 15.3. The van der Waals surface area contributed by atoms with Crippen molar-refractivity contribution in [3.05, 3.63) is 64.2 Å². The van der Waals surface area contributed by atoms with Gasteiger partial charge in [-0.05, 0) is 31.2 Å². The Morgan fingerprint density at radius 2 is 2.03 bits per heavy atom. The van der Waals surface area contributed by atoms with Crippen molar-refractivity contribution < 1.29 is 18.4 Å². The SMILES string of the molecule is C[C@@H](NC(=O)CN1Cc2c(ccc(C#N)c2F)NC1=O)c1ccc(C#N)cc1F. The van der Waals surface area contributed by atoms with Crippen molar-refractivity contribution in [1.82, 2.24) is 10.2 Å². The first-order valence-electron chi connectivity index (χ1n) is 8.60. The van der Waals surface area contributed by atoms with Gasteiger partial charge in [0, 0.05) is 11.1 Å². The molecule has 146 valence electrons. The highest BCUT2D eigenvalue weighted by Crippen LogP contribution is 2.27. The summed E-state index contributed by atoms with van der Waals surface area (Å²) in [5.74, 6) is -1.95. The van der Waals surface area contributed by atoms with E-state index in [1.54, 1.807) is 13.0 Å². The first-order chi connectivity index (χ1) is 13.8. The highest BCUT2D eigenvalue weighted by Gasteiger charge is 2.28. The molecule has 2 aromatic carbocycles. The maximum Gasteiger partial charge on any atom is 0.322 e. The largest absolute Gasteiger partial charge is 0.348 e. The Bertz CT molecular complexity index is 1090. The molecule has 0 aliphatic carbocycles. The number of urea groups is 1. The van der Waals surface area contributed by atoms with Crippen LogP contribution >= 0.6 is 0 Å². The molecule has 1 heterocycles. The summed E-state index contributed by atoms with van der Waals surface area (Å²) in [4.78, 5) is 25.6. The molecule has 0 aromatic heterocycles. The summed E-state index contributed by atoms with van der Waals surface area (Å²) in [6.45, 7) is 0.992. The van der Waals surface area contributed by atoms with Crippen LogP contribution in [-0.2, 0) is 11.3 Å². The van der Waals surface area contributed by atoms with Gasteiger partial charge in [-0.3, -0.25) is 4.79 Å². The van der Waals surface area contributed by atoms with Crippen molar-refractivity contribution in [2.75, 3.05) is 11.9 Å². The number of rotatable bonds is 4. The molecule has 29 heavy (non-hydrogen) atoms. The summed E-state index contributed by atoms with van der Waals surface area (Å²) in [6.07, 6.45) is 0. The van der Waals surface area contributed by atoms with Crippen LogP contribution in [0, 0.1) is 34.3 Å². The Labute approximate surface area is 165 Å². The van der Waals surface area contributed by atoms with Crippen molar-refractivity contribution in [2.24, 2.45) is 0 Å². The van der Waals surface area contributed by atoms with Crippen LogP contribution in [0.3, 0.4) is 0 Å². The summed E-state index contributed by atoms with van der Waals surface area (Å²) in [6, 6.07) is 8.87. The van der Waals surface area contributed by atoms with Gasteiger partial charge in [0.1, 0.15) is 24.2 Å². The van der Waals surface area contributed by atoms with Crippen LogP contribution in [0.1, 0.15) is 35.2 Å². The summed E-state index contributed by atoms with van der Waals surface area (Å²) in [7, 11) is 0.